The van der Waals surface area contributed by atoms with Gasteiger partial charge in [0.25, 0.3) is 5.91 Å². The van der Waals surface area contributed by atoms with E-state index in [1.54, 1.807) is 31.2 Å². The Kier molecular flexibility index (Phi) is 5.37. The van der Waals surface area contributed by atoms with Gasteiger partial charge in [0.2, 0.25) is 0 Å². The molecule has 2 aromatic carbocycles. The average molecular weight is 373 g/mol. The van der Waals surface area contributed by atoms with Crippen molar-refractivity contribution in [2.45, 2.75) is 20.3 Å². The number of hydrogen-bond acceptors (Lipinski definition) is 4. The molecule has 0 radical (unpaired) electrons. The van der Waals surface area contributed by atoms with E-state index in [9.17, 15) is 14.7 Å². The summed E-state index contributed by atoms with van der Waals surface area (Å²) in [7, 11) is 0. The number of carboxylic acids is 1. The lowest BCUT2D eigenvalue weighted by atomic mass is 9.93. The molecule has 0 bridgehead atoms. The molecule has 3 rings (SSSR count). The molecular formula is C22H19N3O3. The lowest BCUT2D eigenvalue weighted by Crippen LogP contribution is -2.28. The molecule has 2 aromatic rings. The highest BCUT2D eigenvalue weighted by Gasteiger charge is 2.35. The summed E-state index contributed by atoms with van der Waals surface area (Å²) in [4.78, 5) is 24.6. The molecule has 1 unspecified atom stereocenters. The van der Waals surface area contributed by atoms with Crippen LogP contribution in [0.1, 0.15) is 30.0 Å². The maximum atomic E-state index is 12.9. The SMILES string of the molecule is CC1=NN(c2ccc(C)cc2)C(=O)C1C/C(=C/c1ccc(C#N)cc1)C(=O)O. The second-order valence-corrected chi connectivity index (χ2v) is 6.69. The molecule has 0 saturated carbocycles. The van der Waals surface area contributed by atoms with E-state index in [-0.39, 0.29) is 17.9 Å². The number of hydrogen-bond donors (Lipinski definition) is 1. The van der Waals surface area contributed by atoms with Crippen LogP contribution in [-0.4, -0.2) is 22.7 Å². The first-order valence-corrected chi connectivity index (χ1v) is 8.79. The van der Waals surface area contributed by atoms with Crippen LogP contribution in [0, 0.1) is 24.2 Å². The molecular weight excluding hydrogens is 354 g/mol. The molecule has 0 aliphatic carbocycles. The summed E-state index contributed by atoms with van der Waals surface area (Å²) < 4.78 is 0. The fourth-order valence-electron chi connectivity index (χ4n) is 2.99. The zero-order valence-corrected chi connectivity index (χ0v) is 15.6. The predicted molar refractivity (Wildman–Crippen MR) is 107 cm³/mol. The van der Waals surface area contributed by atoms with E-state index in [2.05, 4.69) is 5.10 Å². The Bertz CT molecular complexity index is 1010. The maximum Gasteiger partial charge on any atom is 0.331 e. The minimum absolute atomic E-state index is 0.0475. The summed E-state index contributed by atoms with van der Waals surface area (Å²) in [5.74, 6) is -1.95. The van der Waals surface area contributed by atoms with Crippen LogP contribution < -0.4 is 5.01 Å². The summed E-state index contributed by atoms with van der Waals surface area (Å²) >= 11 is 0. The number of aliphatic carboxylic acids is 1. The number of benzene rings is 2. The quantitative estimate of drug-likeness (QED) is 0.808. The minimum Gasteiger partial charge on any atom is -0.478 e. The summed E-state index contributed by atoms with van der Waals surface area (Å²) in [6, 6.07) is 16.1. The number of carbonyl (C=O) groups excluding carboxylic acids is 1. The molecule has 0 aromatic heterocycles. The van der Waals surface area contributed by atoms with Gasteiger partial charge < -0.3 is 5.11 Å². The predicted octanol–water partition coefficient (Wildman–Crippen LogP) is 3.76. The van der Waals surface area contributed by atoms with Gasteiger partial charge in [-0.25, -0.2) is 9.80 Å². The highest BCUT2D eigenvalue weighted by molar-refractivity contribution is 6.15. The molecule has 1 aliphatic rings. The van der Waals surface area contributed by atoms with Gasteiger partial charge in [0.05, 0.1) is 23.2 Å². The van der Waals surface area contributed by atoms with Gasteiger partial charge in [0.1, 0.15) is 0 Å². The summed E-state index contributed by atoms with van der Waals surface area (Å²) in [6.07, 6.45) is 1.57. The van der Waals surface area contributed by atoms with Gasteiger partial charge in [-0.3, -0.25) is 4.79 Å². The number of nitriles is 1. The van der Waals surface area contributed by atoms with Crippen LogP contribution >= 0.6 is 0 Å². The molecule has 0 saturated heterocycles. The Morgan fingerprint density at radius 2 is 1.82 bits per heavy atom. The van der Waals surface area contributed by atoms with E-state index in [0.29, 0.717) is 22.5 Å². The van der Waals surface area contributed by atoms with Crippen molar-refractivity contribution in [3.05, 3.63) is 70.8 Å². The van der Waals surface area contributed by atoms with Crippen molar-refractivity contribution >= 4 is 29.4 Å². The van der Waals surface area contributed by atoms with Crippen molar-refractivity contribution in [2.75, 3.05) is 5.01 Å². The Hall–Kier alpha value is -3.72. The topological polar surface area (TPSA) is 93.8 Å². The number of rotatable bonds is 5. The molecule has 6 nitrogen and oxygen atoms in total. The number of aryl methyl sites for hydroxylation is 1. The first kappa shape index (κ1) is 19.1. The fourth-order valence-corrected chi connectivity index (χ4v) is 2.99. The Labute approximate surface area is 163 Å². The van der Waals surface area contributed by atoms with Crippen LogP contribution in [0.3, 0.4) is 0 Å². The van der Waals surface area contributed by atoms with Crippen molar-refractivity contribution < 1.29 is 14.7 Å². The molecule has 1 N–H and O–H groups in total. The number of carbonyl (C=O) groups is 2. The molecule has 0 spiro atoms. The van der Waals surface area contributed by atoms with Gasteiger partial charge in [0, 0.05) is 11.3 Å². The van der Waals surface area contributed by atoms with Crippen LogP contribution in [0.25, 0.3) is 6.08 Å². The van der Waals surface area contributed by atoms with Crippen LogP contribution in [0.5, 0.6) is 0 Å². The van der Waals surface area contributed by atoms with E-state index in [0.717, 1.165) is 5.56 Å². The van der Waals surface area contributed by atoms with Crippen LogP contribution in [0.15, 0.2) is 59.2 Å². The molecule has 28 heavy (non-hydrogen) atoms. The number of carboxylic acid groups (broad SMARTS) is 1. The van der Waals surface area contributed by atoms with Gasteiger partial charge in [-0.2, -0.15) is 10.4 Å². The third-order valence-corrected chi connectivity index (χ3v) is 4.63. The van der Waals surface area contributed by atoms with Crippen molar-refractivity contribution in [2.24, 2.45) is 11.0 Å². The molecule has 6 heteroatoms. The minimum atomic E-state index is -1.08. The molecule has 1 atom stereocenters. The Morgan fingerprint density at radius 1 is 1.18 bits per heavy atom. The molecule has 1 aliphatic heterocycles. The fraction of sp³-hybridized carbons (Fsp3) is 0.182. The van der Waals surface area contributed by atoms with E-state index < -0.39 is 11.9 Å². The van der Waals surface area contributed by atoms with Crippen LogP contribution in [0.4, 0.5) is 5.69 Å². The standard InChI is InChI=1S/C22H19N3O3/c1-14-3-9-19(10-4-14)25-21(26)20(15(2)24-25)12-18(22(27)28)11-16-5-7-17(13-23)8-6-16/h3-11,20H,12H2,1-2H3,(H,27,28)/b18-11-. The monoisotopic (exact) mass is 373 g/mol. The number of nitrogens with zero attached hydrogens (tertiary/aromatic N) is 3. The van der Waals surface area contributed by atoms with Crippen molar-refractivity contribution in [1.82, 2.24) is 0 Å². The van der Waals surface area contributed by atoms with Crippen molar-refractivity contribution in [3.8, 4) is 6.07 Å². The largest absolute Gasteiger partial charge is 0.478 e. The second-order valence-electron chi connectivity index (χ2n) is 6.69. The summed E-state index contributed by atoms with van der Waals surface area (Å²) in [6.45, 7) is 3.69. The number of amides is 1. The normalized spacial score (nSPS) is 16.7. The Morgan fingerprint density at radius 3 is 2.39 bits per heavy atom. The lowest BCUT2D eigenvalue weighted by Gasteiger charge is -2.15. The third-order valence-electron chi connectivity index (χ3n) is 4.63. The van der Waals surface area contributed by atoms with Gasteiger partial charge in [0.15, 0.2) is 0 Å². The van der Waals surface area contributed by atoms with Crippen LogP contribution in [0.2, 0.25) is 0 Å². The highest BCUT2D eigenvalue weighted by atomic mass is 16.4. The first-order chi connectivity index (χ1) is 13.4. The van der Waals surface area contributed by atoms with E-state index >= 15 is 0 Å². The second kappa shape index (κ2) is 7.89. The molecule has 140 valence electrons. The zero-order valence-electron chi connectivity index (χ0n) is 15.6. The van der Waals surface area contributed by atoms with Gasteiger partial charge >= 0.3 is 5.97 Å². The Balaban J connectivity index is 1.83. The maximum absolute atomic E-state index is 12.9. The van der Waals surface area contributed by atoms with E-state index in [1.165, 1.54) is 11.1 Å². The van der Waals surface area contributed by atoms with Gasteiger partial charge in [-0.15, -0.1) is 0 Å². The molecule has 0 fully saturated rings. The van der Waals surface area contributed by atoms with Gasteiger partial charge in [-0.1, -0.05) is 29.8 Å². The summed E-state index contributed by atoms with van der Waals surface area (Å²) in [5.41, 5.74) is 3.58. The smallest absolute Gasteiger partial charge is 0.331 e. The highest BCUT2D eigenvalue weighted by Crippen LogP contribution is 2.28. The average Bonchev–Trinajstić information content (AvgIpc) is 2.96. The lowest BCUT2D eigenvalue weighted by molar-refractivity contribution is -0.132. The summed E-state index contributed by atoms with van der Waals surface area (Å²) in [5, 5.41) is 24.1. The van der Waals surface area contributed by atoms with Crippen molar-refractivity contribution in [1.29, 1.82) is 5.26 Å². The molecule has 1 amide bonds. The zero-order chi connectivity index (χ0) is 20.3. The van der Waals surface area contributed by atoms with Crippen LogP contribution in [-0.2, 0) is 9.59 Å². The van der Waals surface area contributed by atoms with E-state index in [1.807, 2.05) is 37.3 Å². The molecule has 1 heterocycles. The number of hydrazone groups is 1. The third kappa shape index (κ3) is 3.99. The van der Waals surface area contributed by atoms with Crippen molar-refractivity contribution in [3.63, 3.8) is 0 Å². The number of anilines is 1. The first-order valence-electron chi connectivity index (χ1n) is 8.79. The van der Waals surface area contributed by atoms with E-state index in [4.69, 9.17) is 5.26 Å². The van der Waals surface area contributed by atoms with Gasteiger partial charge in [-0.05, 0) is 56.2 Å².